The molecule has 5 nitrogen and oxygen atoms in total. The van der Waals surface area contributed by atoms with Crippen molar-refractivity contribution in [1.29, 1.82) is 0 Å². The van der Waals surface area contributed by atoms with Crippen molar-refractivity contribution in [2.45, 2.75) is 13.3 Å². The predicted octanol–water partition coefficient (Wildman–Crippen LogP) is 2.23. The van der Waals surface area contributed by atoms with Crippen LogP contribution in [0.1, 0.15) is 12.5 Å². The fourth-order valence-corrected chi connectivity index (χ4v) is 2.00. The van der Waals surface area contributed by atoms with E-state index in [1.165, 1.54) is 0 Å². The normalized spacial score (nSPS) is 10.3. The molecule has 0 bridgehead atoms. The molecule has 20 heavy (non-hydrogen) atoms. The van der Waals surface area contributed by atoms with Gasteiger partial charge < -0.3 is 10.0 Å². The lowest BCUT2D eigenvalue weighted by atomic mass is 10.0. The largest absolute Gasteiger partial charge is 0.480 e. The van der Waals surface area contributed by atoms with Crippen LogP contribution in [0.3, 0.4) is 0 Å². The third-order valence-electron chi connectivity index (χ3n) is 3.05. The first-order valence-electron chi connectivity index (χ1n) is 6.46. The molecule has 1 heterocycles. The quantitative estimate of drug-likeness (QED) is 0.903. The van der Waals surface area contributed by atoms with Crippen molar-refractivity contribution in [3.8, 4) is 11.3 Å². The number of hydrogen-bond acceptors (Lipinski definition) is 4. The van der Waals surface area contributed by atoms with Crippen molar-refractivity contribution in [3.63, 3.8) is 0 Å². The molecule has 1 N–H and O–H groups in total. The summed E-state index contributed by atoms with van der Waals surface area (Å²) in [6.07, 6.45) is 0.813. The summed E-state index contributed by atoms with van der Waals surface area (Å²) in [6, 6.07) is 11.8. The van der Waals surface area contributed by atoms with Gasteiger partial charge in [-0.15, -0.1) is 10.2 Å². The van der Waals surface area contributed by atoms with Gasteiger partial charge in [-0.25, -0.2) is 0 Å². The van der Waals surface area contributed by atoms with Crippen LogP contribution in [0, 0.1) is 0 Å². The minimum atomic E-state index is -0.889. The van der Waals surface area contributed by atoms with Crippen molar-refractivity contribution < 1.29 is 9.90 Å². The summed E-state index contributed by atoms with van der Waals surface area (Å²) < 4.78 is 0. The first-order chi connectivity index (χ1) is 9.61. The summed E-state index contributed by atoms with van der Waals surface area (Å²) >= 11 is 0. The molecule has 0 radical (unpaired) electrons. The predicted molar refractivity (Wildman–Crippen MR) is 77.8 cm³/mol. The summed E-state index contributed by atoms with van der Waals surface area (Å²) in [5.74, 6) is -0.316. The van der Waals surface area contributed by atoms with Gasteiger partial charge in [0.1, 0.15) is 6.54 Å². The molecule has 0 spiro atoms. The van der Waals surface area contributed by atoms with Crippen LogP contribution in [0.4, 0.5) is 5.82 Å². The zero-order chi connectivity index (χ0) is 14.5. The molecule has 0 saturated heterocycles. The maximum absolute atomic E-state index is 10.7. The highest BCUT2D eigenvalue weighted by molar-refractivity contribution is 5.73. The molecule has 0 amide bonds. The maximum Gasteiger partial charge on any atom is 0.323 e. The van der Waals surface area contributed by atoms with Crippen molar-refractivity contribution in [3.05, 3.63) is 42.0 Å². The van der Waals surface area contributed by atoms with Gasteiger partial charge in [0.25, 0.3) is 0 Å². The van der Waals surface area contributed by atoms with Crippen LogP contribution in [0.2, 0.25) is 0 Å². The Hall–Kier alpha value is -2.43. The smallest absolute Gasteiger partial charge is 0.323 e. The number of aromatic nitrogens is 2. The van der Waals surface area contributed by atoms with Gasteiger partial charge in [-0.1, -0.05) is 37.3 Å². The standard InChI is InChI=1S/C15H17N3O2/c1-3-11-9-13(18(2)10-14(19)20)16-17-15(11)12-7-5-4-6-8-12/h4-9H,3,10H2,1-2H3,(H,19,20). The minimum Gasteiger partial charge on any atom is -0.480 e. The molecule has 0 fully saturated rings. The van der Waals surface area contributed by atoms with Gasteiger partial charge in [-0.3, -0.25) is 4.79 Å². The average molecular weight is 271 g/mol. The Labute approximate surface area is 117 Å². The summed E-state index contributed by atoms with van der Waals surface area (Å²) in [5, 5.41) is 17.2. The number of aliphatic carboxylic acids is 1. The second kappa shape index (κ2) is 6.14. The Morgan fingerprint density at radius 2 is 1.95 bits per heavy atom. The molecule has 0 aliphatic carbocycles. The van der Waals surface area contributed by atoms with Gasteiger partial charge in [0, 0.05) is 12.6 Å². The van der Waals surface area contributed by atoms with E-state index in [0.717, 1.165) is 23.2 Å². The topological polar surface area (TPSA) is 66.3 Å². The molecule has 2 rings (SSSR count). The van der Waals surface area contributed by atoms with Gasteiger partial charge >= 0.3 is 5.97 Å². The second-order valence-electron chi connectivity index (χ2n) is 4.55. The maximum atomic E-state index is 10.7. The van der Waals surface area contributed by atoms with Crippen LogP contribution in [0.15, 0.2) is 36.4 Å². The van der Waals surface area contributed by atoms with E-state index in [9.17, 15) is 4.79 Å². The monoisotopic (exact) mass is 271 g/mol. The second-order valence-corrected chi connectivity index (χ2v) is 4.55. The number of nitrogens with zero attached hydrogens (tertiary/aromatic N) is 3. The fourth-order valence-electron chi connectivity index (χ4n) is 2.00. The minimum absolute atomic E-state index is 0.0947. The lowest BCUT2D eigenvalue weighted by molar-refractivity contribution is -0.135. The van der Waals surface area contributed by atoms with Crippen molar-refractivity contribution >= 4 is 11.8 Å². The lowest BCUT2D eigenvalue weighted by Gasteiger charge is -2.16. The molecule has 1 aromatic heterocycles. The zero-order valence-corrected chi connectivity index (χ0v) is 11.6. The van der Waals surface area contributed by atoms with Crippen molar-refractivity contribution in [2.75, 3.05) is 18.5 Å². The summed E-state index contributed by atoms with van der Waals surface area (Å²) in [6.45, 7) is 1.95. The van der Waals surface area contributed by atoms with Crippen LogP contribution in [0.25, 0.3) is 11.3 Å². The number of anilines is 1. The van der Waals surface area contributed by atoms with E-state index in [1.54, 1.807) is 11.9 Å². The molecule has 0 unspecified atom stereocenters. The molecule has 0 saturated carbocycles. The summed E-state index contributed by atoms with van der Waals surface area (Å²) in [5.41, 5.74) is 2.92. The number of carboxylic acid groups (broad SMARTS) is 1. The number of hydrogen-bond donors (Lipinski definition) is 1. The third-order valence-corrected chi connectivity index (χ3v) is 3.05. The van der Waals surface area contributed by atoms with Gasteiger partial charge in [0.15, 0.2) is 5.82 Å². The highest BCUT2D eigenvalue weighted by Crippen LogP contribution is 2.23. The van der Waals surface area contributed by atoms with Gasteiger partial charge in [-0.05, 0) is 18.1 Å². The fraction of sp³-hybridized carbons (Fsp3) is 0.267. The molecular weight excluding hydrogens is 254 g/mol. The third kappa shape index (κ3) is 3.12. The number of carbonyl (C=O) groups is 1. The molecule has 1 aromatic carbocycles. The van der Waals surface area contributed by atoms with Crippen LogP contribution in [-0.4, -0.2) is 34.9 Å². The van der Waals surface area contributed by atoms with Gasteiger partial charge in [0.05, 0.1) is 5.69 Å². The molecule has 0 aliphatic heterocycles. The number of aryl methyl sites for hydroxylation is 1. The Balaban J connectivity index is 2.36. The van der Waals surface area contributed by atoms with E-state index in [1.807, 2.05) is 43.3 Å². The first kappa shape index (κ1) is 14.0. The molecule has 0 atom stereocenters. The molecule has 0 aliphatic rings. The summed E-state index contributed by atoms with van der Waals surface area (Å²) in [4.78, 5) is 12.3. The van der Waals surface area contributed by atoms with E-state index >= 15 is 0 Å². The highest BCUT2D eigenvalue weighted by Gasteiger charge is 2.12. The van der Waals surface area contributed by atoms with Gasteiger partial charge in [0.2, 0.25) is 0 Å². The van der Waals surface area contributed by atoms with Crippen molar-refractivity contribution in [1.82, 2.24) is 10.2 Å². The Bertz CT molecular complexity index is 599. The average Bonchev–Trinajstić information content (AvgIpc) is 2.46. The van der Waals surface area contributed by atoms with E-state index < -0.39 is 5.97 Å². The van der Waals surface area contributed by atoms with Crippen LogP contribution >= 0.6 is 0 Å². The van der Waals surface area contributed by atoms with Crippen LogP contribution in [-0.2, 0) is 11.2 Å². The number of likely N-dealkylation sites (N-methyl/N-ethyl adjacent to an activating group) is 1. The zero-order valence-electron chi connectivity index (χ0n) is 11.6. The Morgan fingerprint density at radius 1 is 1.25 bits per heavy atom. The van der Waals surface area contributed by atoms with E-state index in [2.05, 4.69) is 10.2 Å². The van der Waals surface area contributed by atoms with Crippen LogP contribution in [0.5, 0.6) is 0 Å². The van der Waals surface area contributed by atoms with E-state index in [4.69, 9.17) is 5.11 Å². The Morgan fingerprint density at radius 3 is 2.55 bits per heavy atom. The Kier molecular flexibility index (Phi) is 4.30. The lowest BCUT2D eigenvalue weighted by Crippen LogP contribution is -2.26. The first-order valence-corrected chi connectivity index (χ1v) is 6.46. The molecule has 5 heteroatoms. The molecule has 104 valence electrons. The number of rotatable bonds is 5. The molecule has 2 aromatic rings. The van der Waals surface area contributed by atoms with Crippen LogP contribution < -0.4 is 4.90 Å². The van der Waals surface area contributed by atoms with E-state index in [0.29, 0.717) is 5.82 Å². The highest BCUT2D eigenvalue weighted by atomic mass is 16.4. The van der Waals surface area contributed by atoms with E-state index in [-0.39, 0.29) is 6.54 Å². The summed E-state index contributed by atoms with van der Waals surface area (Å²) in [7, 11) is 1.69. The van der Waals surface area contributed by atoms with Gasteiger partial charge in [-0.2, -0.15) is 0 Å². The number of benzene rings is 1. The molecular formula is C15H17N3O2. The SMILES string of the molecule is CCc1cc(N(C)CC(=O)O)nnc1-c1ccccc1. The van der Waals surface area contributed by atoms with Crippen molar-refractivity contribution in [2.24, 2.45) is 0 Å². The number of carboxylic acids is 1.